The predicted molar refractivity (Wildman–Crippen MR) is 73.8 cm³/mol. The quantitative estimate of drug-likeness (QED) is 0.821. The van der Waals surface area contributed by atoms with Gasteiger partial charge in [0, 0.05) is 6.04 Å². The van der Waals surface area contributed by atoms with Crippen LogP contribution in [0.3, 0.4) is 0 Å². The van der Waals surface area contributed by atoms with Crippen LogP contribution in [-0.2, 0) is 19.3 Å². The summed E-state index contributed by atoms with van der Waals surface area (Å²) in [4.78, 5) is 2.16. The molecule has 2 nitrogen and oxygen atoms in total. The molecule has 3 rings (SSSR count). The van der Waals surface area contributed by atoms with E-state index in [0.29, 0.717) is 0 Å². The lowest BCUT2D eigenvalue weighted by Crippen LogP contribution is -2.37. The fourth-order valence-corrected chi connectivity index (χ4v) is 3.56. The van der Waals surface area contributed by atoms with Gasteiger partial charge in [-0.3, -0.25) is 0 Å². The van der Waals surface area contributed by atoms with Crippen molar-refractivity contribution in [3.63, 3.8) is 0 Å². The molecule has 2 unspecified atom stereocenters. The topological polar surface area (TPSA) is 23.5 Å². The van der Waals surface area contributed by atoms with Crippen LogP contribution >= 0.6 is 0 Å². The number of nitrogens with zero attached hydrogens (tertiary/aromatic N) is 1. The molecule has 1 N–H and O–H groups in total. The molecule has 0 saturated carbocycles. The van der Waals surface area contributed by atoms with E-state index < -0.39 is 0 Å². The molecule has 0 aromatic heterocycles. The molecule has 2 aliphatic carbocycles. The summed E-state index contributed by atoms with van der Waals surface area (Å²) in [6, 6.07) is 4.95. The zero-order valence-electron chi connectivity index (χ0n) is 11.4. The number of aryl methyl sites for hydroxylation is 3. The van der Waals surface area contributed by atoms with Crippen LogP contribution in [0.25, 0.3) is 0 Å². The summed E-state index contributed by atoms with van der Waals surface area (Å²) < 4.78 is 0. The third-order valence-electron chi connectivity index (χ3n) is 4.66. The number of hydrogen-bond donors (Lipinski definition) is 1. The summed E-state index contributed by atoms with van der Waals surface area (Å²) in [5, 5.41) is 10.6. The molecule has 0 bridgehead atoms. The number of aliphatic hydroxyl groups excluding tert-OH is 1. The smallest absolute Gasteiger partial charge is 0.0947 e. The maximum Gasteiger partial charge on any atom is 0.0947 e. The van der Waals surface area contributed by atoms with Crippen LogP contribution in [0.2, 0.25) is 0 Å². The molecule has 0 heterocycles. The fraction of sp³-hybridized carbons (Fsp3) is 0.625. The Kier molecular flexibility index (Phi) is 3.16. The Balaban J connectivity index is 1.99. The van der Waals surface area contributed by atoms with E-state index in [9.17, 15) is 5.11 Å². The minimum Gasteiger partial charge on any atom is -0.387 e. The van der Waals surface area contributed by atoms with Crippen molar-refractivity contribution in [2.75, 3.05) is 14.1 Å². The second-order valence-electron chi connectivity index (χ2n) is 6.04. The van der Waals surface area contributed by atoms with Crippen LogP contribution < -0.4 is 0 Å². The summed E-state index contributed by atoms with van der Waals surface area (Å²) in [6.45, 7) is 0. The lowest BCUT2D eigenvalue weighted by Gasteiger charge is -2.35. The molecule has 1 aromatic rings. The van der Waals surface area contributed by atoms with Crippen molar-refractivity contribution in [1.29, 1.82) is 0 Å². The molecule has 0 amide bonds. The summed E-state index contributed by atoms with van der Waals surface area (Å²) in [7, 11) is 4.13. The van der Waals surface area contributed by atoms with Crippen LogP contribution in [0.4, 0.5) is 0 Å². The lowest BCUT2D eigenvalue weighted by atomic mass is 9.80. The Labute approximate surface area is 110 Å². The molecule has 2 heteroatoms. The first-order valence-electron chi connectivity index (χ1n) is 7.16. The molecule has 0 fully saturated rings. The number of aliphatic hydroxyl groups is 1. The molecule has 0 aliphatic heterocycles. The van der Waals surface area contributed by atoms with Crippen LogP contribution in [0.1, 0.15) is 47.6 Å². The van der Waals surface area contributed by atoms with Gasteiger partial charge < -0.3 is 10.0 Å². The van der Waals surface area contributed by atoms with Gasteiger partial charge in [0.05, 0.1) is 6.10 Å². The first kappa shape index (κ1) is 12.2. The van der Waals surface area contributed by atoms with E-state index in [-0.39, 0.29) is 12.1 Å². The maximum absolute atomic E-state index is 10.6. The highest BCUT2D eigenvalue weighted by molar-refractivity contribution is 5.42. The minimum absolute atomic E-state index is 0.277. The lowest BCUT2D eigenvalue weighted by molar-refractivity contribution is 0.0627. The Morgan fingerprint density at radius 3 is 2.33 bits per heavy atom. The molecule has 1 aromatic carbocycles. The van der Waals surface area contributed by atoms with Gasteiger partial charge in [-0.1, -0.05) is 12.1 Å². The Bertz CT molecular complexity index is 453. The standard InChI is InChI=1S/C16H23NO/c1-17(2)15-8-7-13-9-11-5-3-4-6-12(11)10-14(13)16(15)18/h9-10,15-16,18H,3-8H2,1-2H3. The first-order chi connectivity index (χ1) is 8.66. The van der Waals surface area contributed by atoms with Crippen molar-refractivity contribution in [3.05, 3.63) is 34.4 Å². The number of fused-ring (bicyclic) bond motifs is 2. The van der Waals surface area contributed by atoms with E-state index in [2.05, 4.69) is 31.1 Å². The molecule has 2 aliphatic rings. The van der Waals surface area contributed by atoms with Gasteiger partial charge in [0.15, 0.2) is 0 Å². The average Bonchev–Trinajstić information content (AvgIpc) is 2.37. The number of hydrogen-bond acceptors (Lipinski definition) is 2. The van der Waals surface area contributed by atoms with E-state index in [4.69, 9.17) is 0 Å². The highest BCUT2D eigenvalue weighted by Crippen LogP contribution is 2.35. The van der Waals surface area contributed by atoms with Gasteiger partial charge >= 0.3 is 0 Å². The predicted octanol–water partition coefficient (Wildman–Crippen LogP) is 2.48. The molecular formula is C16H23NO. The van der Waals surface area contributed by atoms with Gasteiger partial charge in [-0.25, -0.2) is 0 Å². The molecule has 98 valence electrons. The first-order valence-corrected chi connectivity index (χ1v) is 7.16. The van der Waals surface area contributed by atoms with Gasteiger partial charge in [0.2, 0.25) is 0 Å². The summed E-state index contributed by atoms with van der Waals surface area (Å²) in [5.74, 6) is 0. The van der Waals surface area contributed by atoms with Gasteiger partial charge in [-0.15, -0.1) is 0 Å². The molecule has 18 heavy (non-hydrogen) atoms. The summed E-state index contributed by atoms with van der Waals surface area (Å²) in [5.41, 5.74) is 5.61. The summed E-state index contributed by atoms with van der Waals surface area (Å²) in [6.07, 6.45) is 6.93. The van der Waals surface area contributed by atoms with Gasteiger partial charge in [-0.05, 0) is 74.9 Å². The minimum atomic E-state index is -0.309. The molecule has 0 spiro atoms. The zero-order chi connectivity index (χ0) is 12.7. The number of rotatable bonds is 1. The van der Waals surface area contributed by atoms with Crippen LogP contribution in [0.15, 0.2) is 12.1 Å². The third-order valence-corrected chi connectivity index (χ3v) is 4.66. The Morgan fingerprint density at radius 1 is 1.00 bits per heavy atom. The van der Waals surface area contributed by atoms with Crippen LogP contribution in [0, 0.1) is 0 Å². The average molecular weight is 245 g/mol. The zero-order valence-corrected chi connectivity index (χ0v) is 11.4. The normalized spacial score (nSPS) is 26.9. The number of likely N-dealkylation sites (N-methyl/N-ethyl adjacent to an activating group) is 1. The SMILES string of the molecule is CN(C)C1CCc2cc3c(cc2C1O)CCCC3. The highest BCUT2D eigenvalue weighted by Gasteiger charge is 2.30. The number of benzene rings is 1. The second kappa shape index (κ2) is 4.67. The van der Waals surface area contributed by atoms with E-state index in [1.807, 2.05) is 0 Å². The second-order valence-corrected chi connectivity index (χ2v) is 6.04. The maximum atomic E-state index is 10.6. The van der Waals surface area contributed by atoms with Crippen LogP contribution in [-0.4, -0.2) is 30.1 Å². The van der Waals surface area contributed by atoms with Crippen molar-refractivity contribution >= 4 is 0 Å². The van der Waals surface area contributed by atoms with E-state index >= 15 is 0 Å². The van der Waals surface area contributed by atoms with Crippen LogP contribution in [0.5, 0.6) is 0 Å². The Hall–Kier alpha value is -0.860. The van der Waals surface area contributed by atoms with E-state index in [1.54, 1.807) is 0 Å². The monoisotopic (exact) mass is 245 g/mol. The molecule has 0 saturated heterocycles. The van der Waals surface area contributed by atoms with E-state index in [1.165, 1.54) is 47.9 Å². The van der Waals surface area contributed by atoms with Gasteiger partial charge in [0.1, 0.15) is 0 Å². The van der Waals surface area contributed by atoms with Gasteiger partial charge in [0.25, 0.3) is 0 Å². The van der Waals surface area contributed by atoms with Crippen molar-refractivity contribution < 1.29 is 5.11 Å². The highest BCUT2D eigenvalue weighted by atomic mass is 16.3. The van der Waals surface area contributed by atoms with Crippen molar-refractivity contribution in [2.45, 2.75) is 50.7 Å². The van der Waals surface area contributed by atoms with E-state index in [0.717, 1.165) is 12.8 Å². The largest absolute Gasteiger partial charge is 0.387 e. The fourth-order valence-electron chi connectivity index (χ4n) is 3.56. The molecule has 2 atom stereocenters. The summed E-state index contributed by atoms with van der Waals surface area (Å²) >= 11 is 0. The Morgan fingerprint density at radius 2 is 1.67 bits per heavy atom. The molecular weight excluding hydrogens is 222 g/mol. The molecule has 0 radical (unpaired) electrons. The van der Waals surface area contributed by atoms with Crippen molar-refractivity contribution in [2.24, 2.45) is 0 Å². The van der Waals surface area contributed by atoms with Gasteiger partial charge in [-0.2, -0.15) is 0 Å². The van der Waals surface area contributed by atoms with Crippen molar-refractivity contribution in [1.82, 2.24) is 4.90 Å². The van der Waals surface area contributed by atoms with Crippen molar-refractivity contribution in [3.8, 4) is 0 Å². The third kappa shape index (κ3) is 1.98.